The lowest BCUT2D eigenvalue weighted by Crippen LogP contribution is -2.09. The van der Waals surface area contributed by atoms with Gasteiger partial charge in [-0.3, -0.25) is 0 Å². The Kier molecular flexibility index (Phi) is 3.49. The highest BCUT2D eigenvalue weighted by molar-refractivity contribution is 7.99. The summed E-state index contributed by atoms with van der Waals surface area (Å²) in [5.41, 5.74) is 0. The SMILES string of the molecule is CCCC1CCCSC1. The Balaban J connectivity index is 2.08. The highest BCUT2D eigenvalue weighted by Crippen LogP contribution is 2.25. The van der Waals surface area contributed by atoms with E-state index in [1.54, 1.807) is 0 Å². The minimum atomic E-state index is 1.06. The first-order chi connectivity index (χ1) is 4.43. The summed E-state index contributed by atoms with van der Waals surface area (Å²) >= 11 is 2.14. The zero-order chi connectivity index (χ0) is 6.53. The van der Waals surface area contributed by atoms with Crippen molar-refractivity contribution < 1.29 is 0 Å². The van der Waals surface area contributed by atoms with Crippen LogP contribution in [0.2, 0.25) is 0 Å². The maximum absolute atomic E-state index is 2.29. The van der Waals surface area contributed by atoms with Crippen LogP contribution >= 0.6 is 11.8 Å². The van der Waals surface area contributed by atoms with Gasteiger partial charge in [0.15, 0.2) is 0 Å². The molecule has 1 aliphatic rings. The average molecular weight is 144 g/mol. The summed E-state index contributed by atoms with van der Waals surface area (Å²) in [6.07, 6.45) is 5.81. The third kappa shape index (κ3) is 2.61. The Bertz CT molecular complexity index is 62.2. The van der Waals surface area contributed by atoms with Crippen molar-refractivity contribution in [1.29, 1.82) is 0 Å². The van der Waals surface area contributed by atoms with Crippen molar-refractivity contribution in [3.63, 3.8) is 0 Å². The summed E-state index contributed by atoms with van der Waals surface area (Å²) in [4.78, 5) is 0. The van der Waals surface area contributed by atoms with Gasteiger partial charge in [0, 0.05) is 0 Å². The Hall–Kier alpha value is 0.350. The summed E-state index contributed by atoms with van der Waals surface area (Å²) < 4.78 is 0. The lowest BCUT2D eigenvalue weighted by atomic mass is 10.0. The molecule has 1 fully saturated rings. The molecule has 1 rings (SSSR count). The molecule has 1 saturated heterocycles. The standard InChI is InChI=1S/C8H16S/c1-2-4-8-5-3-6-9-7-8/h8H,2-7H2,1H3. The molecule has 0 spiro atoms. The molecule has 0 aromatic heterocycles. The van der Waals surface area contributed by atoms with E-state index in [1.165, 1.54) is 37.2 Å². The van der Waals surface area contributed by atoms with E-state index in [2.05, 4.69) is 18.7 Å². The van der Waals surface area contributed by atoms with Crippen molar-refractivity contribution in [1.82, 2.24) is 0 Å². The Labute approximate surface area is 62.4 Å². The van der Waals surface area contributed by atoms with E-state index in [0.29, 0.717) is 0 Å². The molecule has 0 aliphatic carbocycles. The second kappa shape index (κ2) is 4.21. The molecule has 0 N–H and O–H groups in total. The van der Waals surface area contributed by atoms with Crippen LogP contribution in [0.15, 0.2) is 0 Å². The van der Waals surface area contributed by atoms with E-state index in [9.17, 15) is 0 Å². The van der Waals surface area contributed by atoms with Crippen LogP contribution in [0.1, 0.15) is 32.6 Å². The van der Waals surface area contributed by atoms with E-state index >= 15 is 0 Å². The topological polar surface area (TPSA) is 0 Å². The van der Waals surface area contributed by atoms with Gasteiger partial charge in [0.05, 0.1) is 0 Å². The van der Waals surface area contributed by atoms with Crippen molar-refractivity contribution in [2.75, 3.05) is 11.5 Å². The maximum Gasteiger partial charge on any atom is -0.00391 e. The Morgan fingerprint density at radius 3 is 3.00 bits per heavy atom. The first kappa shape index (κ1) is 7.46. The van der Waals surface area contributed by atoms with E-state index in [0.717, 1.165) is 5.92 Å². The van der Waals surface area contributed by atoms with Gasteiger partial charge >= 0.3 is 0 Å². The van der Waals surface area contributed by atoms with Gasteiger partial charge < -0.3 is 0 Å². The molecule has 1 aliphatic heterocycles. The molecular formula is C8H16S. The maximum atomic E-state index is 2.29. The second-order valence-corrected chi connectivity index (χ2v) is 4.02. The molecule has 0 aromatic rings. The molecule has 0 nitrogen and oxygen atoms in total. The molecular weight excluding hydrogens is 128 g/mol. The molecule has 1 heterocycles. The van der Waals surface area contributed by atoms with Crippen LogP contribution in [-0.4, -0.2) is 11.5 Å². The molecule has 0 radical (unpaired) electrons. The van der Waals surface area contributed by atoms with E-state index in [1.807, 2.05) is 0 Å². The summed E-state index contributed by atoms with van der Waals surface area (Å²) in [6.45, 7) is 2.29. The first-order valence-corrected chi connectivity index (χ1v) is 5.16. The first-order valence-electron chi connectivity index (χ1n) is 4.01. The fraction of sp³-hybridized carbons (Fsp3) is 1.00. The van der Waals surface area contributed by atoms with Gasteiger partial charge in [0.1, 0.15) is 0 Å². The van der Waals surface area contributed by atoms with Crippen molar-refractivity contribution in [3.8, 4) is 0 Å². The van der Waals surface area contributed by atoms with Crippen molar-refractivity contribution in [3.05, 3.63) is 0 Å². The number of hydrogen-bond acceptors (Lipinski definition) is 1. The average Bonchev–Trinajstić information content (AvgIpc) is 1.91. The van der Waals surface area contributed by atoms with Crippen LogP contribution in [0, 0.1) is 5.92 Å². The normalized spacial score (nSPS) is 28.3. The van der Waals surface area contributed by atoms with Crippen molar-refractivity contribution in [2.24, 2.45) is 5.92 Å². The summed E-state index contributed by atoms with van der Waals surface area (Å²) in [5.74, 6) is 3.92. The van der Waals surface area contributed by atoms with Gasteiger partial charge in [-0.05, 0) is 36.7 Å². The van der Waals surface area contributed by atoms with Crippen LogP contribution in [0.4, 0.5) is 0 Å². The van der Waals surface area contributed by atoms with E-state index < -0.39 is 0 Å². The second-order valence-electron chi connectivity index (χ2n) is 2.87. The molecule has 54 valence electrons. The molecule has 0 amide bonds. The predicted octanol–water partition coefficient (Wildman–Crippen LogP) is 2.93. The fourth-order valence-electron chi connectivity index (χ4n) is 1.44. The summed E-state index contributed by atoms with van der Waals surface area (Å²) in [7, 11) is 0. The fourth-order valence-corrected chi connectivity index (χ4v) is 2.65. The lowest BCUT2D eigenvalue weighted by Gasteiger charge is -2.19. The van der Waals surface area contributed by atoms with Gasteiger partial charge in [0.25, 0.3) is 0 Å². The van der Waals surface area contributed by atoms with Gasteiger partial charge in [-0.25, -0.2) is 0 Å². The summed E-state index contributed by atoms with van der Waals surface area (Å²) in [6, 6.07) is 0. The third-order valence-corrected chi connectivity index (χ3v) is 3.24. The van der Waals surface area contributed by atoms with Crippen LogP contribution in [-0.2, 0) is 0 Å². The highest BCUT2D eigenvalue weighted by Gasteiger charge is 2.11. The highest BCUT2D eigenvalue weighted by atomic mass is 32.2. The smallest absolute Gasteiger partial charge is 0.00391 e. The zero-order valence-electron chi connectivity index (χ0n) is 6.23. The van der Waals surface area contributed by atoms with Gasteiger partial charge in [-0.15, -0.1) is 0 Å². The number of hydrogen-bond donors (Lipinski definition) is 0. The minimum Gasteiger partial charge on any atom is -0.162 e. The van der Waals surface area contributed by atoms with E-state index in [4.69, 9.17) is 0 Å². The molecule has 1 atom stereocenters. The zero-order valence-corrected chi connectivity index (χ0v) is 7.04. The summed E-state index contributed by atoms with van der Waals surface area (Å²) in [5, 5.41) is 0. The van der Waals surface area contributed by atoms with Crippen LogP contribution in [0.5, 0.6) is 0 Å². The number of rotatable bonds is 2. The van der Waals surface area contributed by atoms with Gasteiger partial charge in [0.2, 0.25) is 0 Å². The predicted molar refractivity (Wildman–Crippen MR) is 45.0 cm³/mol. The quantitative estimate of drug-likeness (QED) is 0.574. The van der Waals surface area contributed by atoms with Crippen LogP contribution < -0.4 is 0 Å². The monoisotopic (exact) mass is 144 g/mol. The van der Waals surface area contributed by atoms with Gasteiger partial charge in [-0.1, -0.05) is 13.3 Å². The third-order valence-electron chi connectivity index (χ3n) is 1.95. The molecule has 9 heavy (non-hydrogen) atoms. The minimum absolute atomic E-state index is 1.06. The van der Waals surface area contributed by atoms with Crippen molar-refractivity contribution >= 4 is 11.8 Å². The molecule has 1 unspecified atom stereocenters. The molecule has 0 aromatic carbocycles. The molecule has 0 saturated carbocycles. The van der Waals surface area contributed by atoms with Crippen molar-refractivity contribution in [2.45, 2.75) is 32.6 Å². The van der Waals surface area contributed by atoms with Crippen LogP contribution in [0.25, 0.3) is 0 Å². The van der Waals surface area contributed by atoms with Gasteiger partial charge in [-0.2, -0.15) is 11.8 Å². The number of thioether (sulfide) groups is 1. The Morgan fingerprint density at radius 2 is 2.44 bits per heavy atom. The van der Waals surface area contributed by atoms with E-state index in [-0.39, 0.29) is 0 Å². The largest absolute Gasteiger partial charge is 0.162 e. The Morgan fingerprint density at radius 1 is 1.56 bits per heavy atom. The molecule has 0 bridgehead atoms. The lowest BCUT2D eigenvalue weighted by molar-refractivity contribution is 0.480. The van der Waals surface area contributed by atoms with Crippen LogP contribution in [0.3, 0.4) is 0 Å². The molecule has 1 heteroatoms.